The molecular weight excluding hydrogens is 206 g/mol. The molecule has 1 aliphatic heterocycles. The second-order valence-corrected chi connectivity index (χ2v) is 3.77. The molecule has 0 unspecified atom stereocenters. The van der Waals surface area contributed by atoms with Crippen LogP contribution in [0.2, 0.25) is 0 Å². The lowest BCUT2D eigenvalue weighted by molar-refractivity contribution is -0.151. The summed E-state index contributed by atoms with van der Waals surface area (Å²) in [6.45, 7) is 2.51. The summed E-state index contributed by atoms with van der Waals surface area (Å²) in [6.07, 6.45) is -0.781. The van der Waals surface area contributed by atoms with Gasteiger partial charge in [0.2, 0.25) is 0 Å². The van der Waals surface area contributed by atoms with Crippen molar-refractivity contribution >= 4 is 11.7 Å². The Balaban J connectivity index is 2.21. The van der Waals surface area contributed by atoms with Crippen molar-refractivity contribution in [1.29, 1.82) is 0 Å². The maximum Gasteiger partial charge on any atom is 0.313 e. The summed E-state index contributed by atoms with van der Waals surface area (Å²) in [7, 11) is 0. The Morgan fingerprint density at radius 1 is 1.56 bits per heavy atom. The van der Waals surface area contributed by atoms with Gasteiger partial charge in [-0.1, -0.05) is 18.2 Å². The van der Waals surface area contributed by atoms with Gasteiger partial charge in [-0.25, -0.2) is 0 Å². The van der Waals surface area contributed by atoms with Crippen LogP contribution in [0, 0.1) is 5.92 Å². The Morgan fingerprint density at radius 3 is 3.06 bits per heavy atom. The standard InChI is InChI=1S/C12H15NO3/c1-2-16-12(15)9-7-13-10-6-4-3-5-8(10)11(9)14/h3-6,9,11,13-14H,2,7H2,1H3/t9-,11-/m1/s1. The van der Waals surface area contributed by atoms with Crippen molar-refractivity contribution < 1.29 is 14.6 Å². The third-order valence-corrected chi connectivity index (χ3v) is 2.76. The number of hydrogen-bond acceptors (Lipinski definition) is 4. The molecule has 0 saturated heterocycles. The summed E-state index contributed by atoms with van der Waals surface area (Å²) in [5.41, 5.74) is 1.64. The zero-order valence-electron chi connectivity index (χ0n) is 9.14. The Kier molecular flexibility index (Phi) is 3.10. The van der Waals surface area contributed by atoms with E-state index in [1.807, 2.05) is 24.3 Å². The van der Waals surface area contributed by atoms with Crippen LogP contribution >= 0.6 is 0 Å². The van der Waals surface area contributed by atoms with E-state index in [0.717, 1.165) is 11.3 Å². The van der Waals surface area contributed by atoms with Gasteiger partial charge in [0.1, 0.15) is 5.92 Å². The van der Waals surface area contributed by atoms with Crippen LogP contribution in [0.1, 0.15) is 18.6 Å². The van der Waals surface area contributed by atoms with Gasteiger partial charge in [0.15, 0.2) is 0 Å². The number of carbonyl (C=O) groups is 1. The third kappa shape index (κ3) is 1.88. The van der Waals surface area contributed by atoms with E-state index in [2.05, 4.69) is 5.32 Å². The van der Waals surface area contributed by atoms with Gasteiger partial charge in [-0.15, -0.1) is 0 Å². The predicted molar refractivity (Wildman–Crippen MR) is 60.0 cm³/mol. The Hall–Kier alpha value is -1.55. The average Bonchev–Trinajstić information content (AvgIpc) is 2.30. The molecule has 0 aliphatic carbocycles. The van der Waals surface area contributed by atoms with E-state index in [4.69, 9.17) is 4.74 Å². The molecule has 2 N–H and O–H groups in total. The van der Waals surface area contributed by atoms with Crippen molar-refractivity contribution in [2.45, 2.75) is 13.0 Å². The van der Waals surface area contributed by atoms with E-state index in [0.29, 0.717) is 13.2 Å². The molecule has 0 aromatic heterocycles. The second kappa shape index (κ2) is 4.53. The number of fused-ring (bicyclic) bond motifs is 1. The molecule has 1 aromatic carbocycles. The first-order chi connectivity index (χ1) is 7.74. The first-order valence-corrected chi connectivity index (χ1v) is 5.41. The molecule has 0 saturated carbocycles. The zero-order valence-corrected chi connectivity index (χ0v) is 9.14. The molecule has 0 radical (unpaired) electrons. The Bertz CT molecular complexity index is 392. The third-order valence-electron chi connectivity index (χ3n) is 2.76. The van der Waals surface area contributed by atoms with Crippen molar-refractivity contribution in [2.75, 3.05) is 18.5 Å². The van der Waals surface area contributed by atoms with Crippen LogP contribution in [-0.2, 0) is 9.53 Å². The highest BCUT2D eigenvalue weighted by molar-refractivity contribution is 5.76. The second-order valence-electron chi connectivity index (χ2n) is 3.77. The molecule has 0 fully saturated rings. The molecule has 2 rings (SSSR count). The summed E-state index contributed by atoms with van der Waals surface area (Å²) < 4.78 is 4.93. The number of aliphatic hydroxyl groups excluding tert-OH is 1. The lowest BCUT2D eigenvalue weighted by atomic mass is 9.91. The SMILES string of the molecule is CCOC(=O)[C@@H]1CNc2ccccc2[C@H]1O. The van der Waals surface area contributed by atoms with Gasteiger partial charge in [0, 0.05) is 17.8 Å². The van der Waals surface area contributed by atoms with Gasteiger partial charge in [-0.2, -0.15) is 0 Å². The normalized spacial score (nSPS) is 23.1. The van der Waals surface area contributed by atoms with Gasteiger partial charge in [-0.05, 0) is 13.0 Å². The predicted octanol–water partition coefficient (Wildman–Crippen LogP) is 1.32. The summed E-state index contributed by atoms with van der Waals surface area (Å²) in [4.78, 5) is 11.6. The average molecular weight is 221 g/mol. The first-order valence-electron chi connectivity index (χ1n) is 5.41. The number of esters is 1. The largest absolute Gasteiger partial charge is 0.466 e. The summed E-state index contributed by atoms with van der Waals surface area (Å²) in [5.74, 6) is -0.869. The number of aliphatic hydroxyl groups is 1. The lowest BCUT2D eigenvalue weighted by Gasteiger charge is -2.29. The highest BCUT2D eigenvalue weighted by Gasteiger charge is 2.33. The topological polar surface area (TPSA) is 58.6 Å². The van der Waals surface area contributed by atoms with Crippen LogP contribution in [-0.4, -0.2) is 24.2 Å². The number of para-hydroxylation sites is 1. The first kappa shape index (κ1) is 11.0. The quantitative estimate of drug-likeness (QED) is 0.740. The number of anilines is 1. The molecule has 0 bridgehead atoms. The number of ether oxygens (including phenoxy) is 1. The highest BCUT2D eigenvalue weighted by atomic mass is 16.5. The minimum absolute atomic E-state index is 0.337. The molecule has 2 atom stereocenters. The fraction of sp³-hybridized carbons (Fsp3) is 0.417. The van der Waals surface area contributed by atoms with E-state index in [9.17, 15) is 9.90 Å². The molecule has 86 valence electrons. The molecule has 0 amide bonds. The van der Waals surface area contributed by atoms with E-state index < -0.39 is 12.0 Å². The summed E-state index contributed by atoms with van der Waals surface area (Å²) in [6, 6.07) is 7.44. The summed E-state index contributed by atoms with van der Waals surface area (Å²) in [5, 5.41) is 13.2. The van der Waals surface area contributed by atoms with Gasteiger partial charge >= 0.3 is 5.97 Å². The van der Waals surface area contributed by atoms with Crippen LogP contribution in [0.5, 0.6) is 0 Å². The van der Waals surface area contributed by atoms with E-state index in [1.54, 1.807) is 6.92 Å². The summed E-state index contributed by atoms with van der Waals surface area (Å²) >= 11 is 0. The molecule has 1 aromatic rings. The fourth-order valence-corrected chi connectivity index (χ4v) is 1.93. The van der Waals surface area contributed by atoms with Crippen LogP contribution < -0.4 is 5.32 Å². The molecule has 4 nitrogen and oxygen atoms in total. The molecule has 16 heavy (non-hydrogen) atoms. The maximum absolute atomic E-state index is 11.6. The minimum Gasteiger partial charge on any atom is -0.466 e. The Morgan fingerprint density at radius 2 is 2.31 bits per heavy atom. The Labute approximate surface area is 94.2 Å². The fourth-order valence-electron chi connectivity index (χ4n) is 1.93. The number of benzene rings is 1. The van der Waals surface area contributed by atoms with Crippen LogP contribution in [0.25, 0.3) is 0 Å². The van der Waals surface area contributed by atoms with Crippen LogP contribution in [0.3, 0.4) is 0 Å². The monoisotopic (exact) mass is 221 g/mol. The van der Waals surface area contributed by atoms with Crippen LogP contribution in [0.15, 0.2) is 24.3 Å². The van der Waals surface area contributed by atoms with Gasteiger partial charge in [0.25, 0.3) is 0 Å². The van der Waals surface area contributed by atoms with Crippen molar-refractivity contribution in [1.82, 2.24) is 0 Å². The van der Waals surface area contributed by atoms with Gasteiger partial charge in [0.05, 0.1) is 12.7 Å². The molecule has 0 spiro atoms. The van der Waals surface area contributed by atoms with Gasteiger partial charge in [-0.3, -0.25) is 4.79 Å². The number of rotatable bonds is 2. The van der Waals surface area contributed by atoms with Crippen molar-refractivity contribution in [2.24, 2.45) is 5.92 Å². The smallest absolute Gasteiger partial charge is 0.313 e. The van der Waals surface area contributed by atoms with E-state index in [1.165, 1.54) is 0 Å². The lowest BCUT2D eigenvalue weighted by Crippen LogP contribution is -2.34. The number of nitrogens with one attached hydrogen (secondary N) is 1. The van der Waals surface area contributed by atoms with Crippen molar-refractivity contribution in [3.05, 3.63) is 29.8 Å². The van der Waals surface area contributed by atoms with Crippen molar-refractivity contribution in [3.8, 4) is 0 Å². The molecule has 4 heteroatoms. The van der Waals surface area contributed by atoms with Crippen LogP contribution in [0.4, 0.5) is 5.69 Å². The van der Waals surface area contributed by atoms with E-state index >= 15 is 0 Å². The molecule has 1 aliphatic rings. The number of hydrogen-bond donors (Lipinski definition) is 2. The number of carbonyl (C=O) groups excluding carboxylic acids is 1. The van der Waals surface area contributed by atoms with E-state index in [-0.39, 0.29) is 5.97 Å². The van der Waals surface area contributed by atoms with Gasteiger partial charge < -0.3 is 15.2 Å². The zero-order chi connectivity index (χ0) is 11.5. The minimum atomic E-state index is -0.781. The van der Waals surface area contributed by atoms with Crippen molar-refractivity contribution in [3.63, 3.8) is 0 Å². The highest BCUT2D eigenvalue weighted by Crippen LogP contribution is 2.33. The maximum atomic E-state index is 11.6. The molecule has 1 heterocycles. The molecular formula is C12H15NO3.